The Morgan fingerprint density at radius 2 is 1.79 bits per heavy atom. The normalized spacial score (nSPS) is 10.6. The minimum absolute atomic E-state index is 0.256. The lowest BCUT2D eigenvalue weighted by molar-refractivity contribution is 0.628. The van der Waals surface area contributed by atoms with Crippen LogP contribution in [0.1, 0.15) is 5.56 Å². The molecular formula is C15H12FN3. The molecule has 0 atom stereocenters. The maximum absolute atomic E-state index is 12.9. The zero-order chi connectivity index (χ0) is 13.2. The van der Waals surface area contributed by atoms with Gasteiger partial charge in [0.25, 0.3) is 0 Å². The van der Waals surface area contributed by atoms with Crippen molar-refractivity contribution in [2.75, 3.05) is 5.32 Å². The molecule has 3 nitrogen and oxygen atoms in total. The number of hydrogen-bond acceptors (Lipinski definition) is 3. The third-order valence-electron chi connectivity index (χ3n) is 2.97. The number of hydrogen-bond donors (Lipinski definition) is 1. The SMILES string of the molecule is Cc1cccc2c(Nc3ccc(F)cc3)ncnc12. The standard InChI is InChI=1S/C15H12FN3/c1-10-3-2-4-13-14(10)17-9-18-15(13)19-12-7-5-11(16)6-8-12/h2-9H,1H3,(H,17,18,19). The second-order valence-electron chi connectivity index (χ2n) is 4.33. The van der Waals surface area contributed by atoms with Crippen LogP contribution in [-0.2, 0) is 0 Å². The summed E-state index contributed by atoms with van der Waals surface area (Å²) in [5.41, 5.74) is 2.81. The Kier molecular flexibility index (Phi) is 2.83. The summed E-state index contributed by atoms with van der Waals surface area (Å²) >= 11 is 0. The first-order valence-electron chi connectivity index (χ1n) is 5.97. The van der Waals surface area contributed by atoms with Gasteiger partial charge >= 0.3 is 0 Å². The average molecular weight is 253 g/mol. The molecule has 0 saturated carbocycles. The highest BCUT2D eigenvalue weighted by Crippen LogP contribution is 2.24. The third kappa shape index (κ3) is 2.25. The van der Waals surface area contributed by atoms with E-state index >= 15 is 0 Å². The number of nitrogens with zero attached hydrogens (tertiary/aromatic N) is 2. The number of benzene rings is 2. The van der Waals surface area contributed by atoms with E-state index in [0.717, 1.165) is 28.0 Å². The van der Waals surface area contributed by atoms with Gasteiger partial charge in [0.1, 0.15) is 18.0 Å². The summed E-state index contributed by atoms with van der Waals surface area (Å²) in [6.45, 7) is 2.01. The molecule has 0 fully saturated rings. The number of fused-ring (bicyclic) bond motifs is 1. The van der Waals surface area contributed by atoms with E-state index < -0.39 is 0 Å². The molecule has 0 aliphatic rings. The molecule has 0 unspecified atom stereocenters. The smallest absolute Gasteiger partial charge is 0.141 e. The summed E-state index contributed by atoms with van der Waals surface area (Å²) in [7, 11) is 0. The van der Waals surface area contributed by atoms with Crippen molar-refractivity contribution in [1.29, 1.82) is 0 Å². The van der Waals surface area contributed by atoms with Crippen LogP contribution in [0.2, 0.25) is 0 Å². The highest BCUT2D eigenvalue weighted by molar-refractivity contribution is 5.92. The Hall–Kier alpha value is -2.49. The molecular weight excluding hydrogens is 241 g/mol. The van der Waals surface area contributed by atoms with Crippen LogP contribution in [-0.4, -0.2) is 9.97 Å². The van der Waals surface area contributed by atoms with Crippen LogP contribution in [0.4, 0.5) is 15.9 Å². The van der Waals surface area contributed by atoms with Crippen molar-refractivity contribution < 1.29 is 4.39 Å². The number of anilines is 2. The fourth-order valence-corrected chi connectivity index (χ4v) is 2.00. The number of para-hydroxylation sites is 1. The minimum Gasteiger partial charge on any atom is -0.340 e. The van der Waals surface area contributed by atoms with Gasteiger partial charge in [-0.2, -0.15) is 0 Å². The first-order chi connectivity index (χ1) is 9.24. The highest BCUT2D eigenvalue weighted by atomic mass is 19.1. The van der Waals surface area contributed by atoms with E-state index in [-0.39, 0.29) is 5.82 Å². The summed E-state index contributed by atoms with van der Waals surface area (Å²) in [6, 6.07) is 12.1. The molecule has 3 aromatic rings. The largest absolute Gasteiger partial charge is 0.340 e. The summed E-state index contributed by atoms with van der Waals surface area (Å²) in [5, 5.41) is 4.13. The number of halogens is 1. The van der Waals surface area contributed by atoms with Crippen LogP contribution in [0.3, 0.4) is 0 Å². The molecule has 4 heteroatoms. The van der Waals surface area contributed by atoms with Gasteiger partial charge in [-0.05, 0) is 42.8 Å². The van der Waals surface area contributed by atoms with E-state index in [2.05, 4.69) is 15.3 Å². The van der Waals surface area contributed by atoms with Crippen molar-refractivity contribution >= 4 is 22.4 Å². The van der Waals surface area contributed by atoms with Crippen molar-refractivity contribution in [1.82, 2.24) is 9.97 Å². The first kappa shape index (κ1) is 11.6. The third-order valence-corrected chi connectivity index (χ3v) is 2.97. The lowest BCUT2D eigenvalue weighted by atomic mass is 10.1. The summed E-state index contributed by atoms with van der Waals surface area (Å²) in [5.74, 6) is 0.467. The predicted octanol–water partition coefficient (Wildman–Crippen LogP) is 3.82. The first-order valence-corrected chi connectivity index (χ1v) is 5.97. The molecule has 0 spiro atoms. The minimum atomic E-state index is -0.256. The van der Waals surface area contributed by atoms with E-state index in [1.165, 1.54) is 18.5 Å². The van der Waals surface area contributed by atoms with Gasteiger partial charge in [-0.1, -0.05) is 12.1 Å². The van der Waals surface area contributed by atoms with E-state index in [1.54, 1.807) is 12.1 Å². The van der Waals surface area contributed by atoms with Gasteiger partial charge in [-0.15, -0.1) is 0 Å². The number of rotatable bonds is 2. The zero-order valence-electron chi connectivity index (χ0n) is 10.4. The molecule has 1 N–H and O–H groups in total. The van der Waals surface area contributed by atoms with Crippen LogP contribution in [0.5, 0.6) is 0 Å². The molecule has 2 aromatic carbocycles. The summed E-state index contributed by atoms with van der Waals surface area (Å²) < 4.78 is 12.9. The highest BCUT2D eigenvalue weighted by Gasteiger charge is 2.05. The molecule has 0 aliphatic heterocycles. The molecule has 0 amide bonds. The van der Waals surface area contributed by atoms with Crippen LogP contribution >= 0.6 is 0 Å². The molecule has 3 rings (SSSR count). The van der Waals surface area contributed by atoms with Gasteiger partial charge < -0.3 is 5.32 Å². The topological polar surface area (TPSA) is 37.8 Å². The van der Waals surface area contributed by atoms with Gasteiger partial charge in [-0.3, -0.25) is 0 Å². The molecule has 1 aromatic heterocycles. The fraction of sp³-hybridized carbons (Fsp3) is 0.0667. The number of aromatic nitrogens is 2. The van der Waals surface area contributed by atoms with Gasteiger partial charge in [0, 0.05) is 11.1 Å². The monoisotopic (exact) mass is 253 g/mol. The lowest BCUT2D eigenvalue weighted by Gasteiger charge is -2.09. The Morgan fingerprint density at radius 1 is 1.00 bits per heavy atom. The van der Waals surface area contributed by atoms with E-state index in [1.807, 2.05) is 25.1 Å². The van der Waals surface area contributed by atoms with Crippen LogP contribution in [0.15, 0.2) is 48.8 Å². The fourth-order valence-electron chi connectivity index (χ4n) is 2.00. The van der Waals surface area contributed by atoms with Crippen molar-refractivity contribution in [3.63, 3.8) is 0 Å². The Balaban J connectivity index is 2.06. The molecule has 1 heterocycles. The molecule has 0 saturated heterocycles. The second-order valence-corrected chi connectivity index (χ2v) is 4.33. The lowest BCUT2D eigenvalue weighted by Crippen LogP contribution is -1.96. The van der Waals surface area contributed by atoms with Crippen LogP contribution in [0.25, 0.3) is 10.9 Å². The summed E-state index contributed by atoms with van der Waals surface area (Å²) in [6.07, 6.45) is 1.53. The van der Waals surface area contributed by atoms with Crippen molar-refractivity contribution in [3.8, 4) is 0 Å². The van der Waals surface area contributed by atoms with Crippen LogP contribution in [0, 0.1) is 12.7 Å². The Morgan fingerprint density at radius 3 is 2.58 bits per heavy atom. The van der Waals surface area contributed by atoms with E-state index in [0.29, 0.717) is 0 Å². The van der Waals surface area contributed by atoms with Gasteiger partial charge in [0.2, 0.25) is 0 Å². The average Bonchev–Trinajstić information content (AvgIpc) is 2.43. The number of nitrogens with one attached hydrogen (secondary N) is 1. The van der Waals surface area contributed by atoms with Crippen LogP contribution < -0.4 is 5.32 Å². The molecule has 0 radical (unpaired) electrons. The zero-order valence-corrected chi connectivity index (χ0v) is 10.4. The van der Waals surface area contributed by atoms with E-state index in [4.69, 9.17) is 0 Å². The summed E-state index contributed by atoms with van der Waals surface area (Å²) in [4.78, 5) is 8.54. The Labute approximate surface area is 110 Å². The van der Waals surface area contributed by atoms with Crippen molar-refractivity contribution in [3.05, 3.63) is 60.2 Å². The predicted molar refractivity (Wildman–Crippen MR) is 74.0 cm³/mol. The second kappa shape index (κ2) is 4.65. The van der Waals surface area contributed by atoms with Gasteiger partial charge in [0.05, 0.1) is 5.52 Å². The maximum atomic E-state index is 12.9. The Bertz CT molecular complexity index is 723. The maximum Gasteiger partial charge on any atom is 0.141 e. The molecule has 94 valence electrons. The number of aryl methyl sites for hydroxylation is 1. The molecule has 19 heavy (non-hydrogen) atoms. The van der Waals surface area contributed by atoms with E-state index in [9.17, 15) is 4.39 Å². The van der Waals surface area contributed by atoms with Crippen molar-refractivity contribution in [2.45, 2.75) is 6.92 Å². The quantitative estimate of drug-likeness (QED) is 0.754. The van der Waals surface area contributed by atoms with Gasteiger partial charge in [0.15, 0.2) is 0 Å². The van der Waals surface area contributed by atoms with Gasteiger partial charge in [-0.25, -0.2) is 14.4 Å². The van der Waals surface area contributed by atoms with Crippen molar-refractivity contribution in [2.24, 2.45) is 0 Å². The molecule has 0 bridgehead atoms. The molecule has 0 aliphatic carbocycles.